The van der Waals surface area contributed by atoms with Crippen LogP contribution in [0.15, 0.2) is 47.1 Å². The molecule has 0 saturated carbocycles. The summed E-state index contributed by atoms with van der Waals surface area (Å²) in [6.45, 7) is 1.46. The van der Waals surface area contributed by atoms with Gasteiger partial charge in [0, 0.05) is 5.92 Å². The summed E-state index contributed by atoms with van der Waals surface area (Å²) in [5, 5.41) is 2.56. The van der Waals surface area contributed by atoms with E-state index in [0.717, 1.165) is 6.07 Å². The zero-order valence-electron chi connectivity index (χ0n) is 11.0. The van der Waals surface area contributed by atoms with E-state index in [1.165, 1.54) is 13.0 Å². The summed E-state index contributed by atoms with van der Waals surface area (Å²) in [5.74, 6) is -0.320. The third-order valence-corrected chi connectivity index (χ3v) is 3.59. The molecule has 0 fully saturated rings. The second-order valence-electron chi connectivity index (χ2n) is 4.91. The van der Waals surface area contributed by atoms with Gasteiger partial charge in [0.25, 0.3) is 0 Å². The number of allylic oxidation sites excluding steroid dienone is 3. The molecule has 2 amide bonds. The van der Waals surface area contributed by atoms with Gasteiger partial charge in [-0.1, -0.05) is 18.2 Å². The molecule has 21 heavy (non-hydrogen) atoms. The van der Waals surface area contributed by atoms with E-state index >= 15 is 0 Å². The van der Waals surface area contributed by atoms with E-state index in [4.69, 9.17) is 0 Å². The van der Waals surface area contributed by atoms with Gasteiger partial charge in [0.15, 0.2) is 0 Å². The number of carbonyl (C=O) groups is 1. The van der Waals surface area contributed by atoms with Crippen molar-refractivity contribution in [2.45, 2.75) is 19.0 Å². The smallest absolute Gasteiger partial charge is 0.304 e. The molecule has 1 atom stereocenters. The Labute approximate surface area is 118 Å². The Hall–Kier alpha value is -2.37. The molecule has 0 aromatic heterocycles. The number of nitrogens with zero attached hydrogens (tertiary/aromatic N) is 1. The zero-order valence-corrected chi connectivity index (χ0v) is 11.0. The summed E-state index contributed by atoms with van der Waals surface area (Å²) < 4.78 is 38.9. The third kappa shape index (κ3) is 2.37. The molecule has 1 aromatic rings. The van der Waals surface area contributed by atoms with Gasteiger partial charge in [-0.05, 0) is 36.3 Å². The van der Waals surface area contributed by atoms with E-state index in [2.05, 4.69) is 10.3 Å². The first-order chi connectivity index (χ1) is 9.86. The lowest BCUT2D eigenvalue weighted by Crippen LogP contribution is -2.17. The molecule has 0 spiro atoms. The Kier molecular flexibility index (Phi) is 2.97. The second kappa shape index (κ2) is 4.58. The van der Waals surface area contributed by atoms with Crippen LogP contribution < -0.4 is 5.32 Å². The molecule has 1 aromatic carbocycles. The third-order valence-electron chi connectivity index (χ3n) is 3.59. The monoisotopic (exact) mass is 292 g/mol. The highest BCUT2D eigenvalue weighted by Gasteiger charge is 2.33. The van der Waals surface area contributed by atoms with Crippen LogP contribution in [0, 0.1) is 6.92 Å². The number of hydrogen-bond donors (Lipinski definition) is 1. The number of aliphatic imine (C=N–C) groups is 1. The van der Waals surface area contributed by atoms with Gasteiger partial charge >= 0.3 is 12.2 Å². The highest BCUT2D eigenvalue weighted by molar-refractivity contribution is 6.19. The van der Waals surface area contributed by atoms with Crippen molar-refractivity contribution >= 4 is 11.7 Å². The zero-order chi connectivity index (χ0) is 15.2. The van der Waals surface area contributed by atoms with Crippen molar-refractivity contribution in [1.82, 2.24) is 5.32 Å². The molecule has 1 unspecified atom stereocenters. The van der Waals surface area contributed by atoms with Crippen molar-refractivity contribution in [2.75, 3.05) is 0 Å². The molecule has 1 aliphatic carbocycles. The molecule has 3 nitrogen and oxygen atoms in total. The number of benzene rings is 1. The lowest BCUT2D eigenvalue weighted by Gasteiger charge is -2.19. The number of halogens is 3. The average molecular weight is 292 g/mol. The molecule has 0 bridgehead atoms. The Morgan fingerprint density at radius 2 is 2.05 bits per heavy atom. The number of fused-ring (bicyclic) bond motifs is 1. The van der Waals surface area contributed by atoms with Crippen molar-refractivity contribution in [3.05, 3.63) is 58.8 Å². The van der Waals surface area contributed by atoms with Crippen LogP contribution in [0.1, 0.15) is 22.6 Å². The Balaban J connectivity index is 2.02. The molecule has 2 aliphatic rings. The van der Waals surface area contributed by atoms with Gasteiger partial charge in [-0.15, -0.1) is 0 Å². The number of hydrogen-bond acceptors (Lipinski definition) is 1. The molecule has 1 N–H and O–H groups in total. The summed E-state index contributed by atoms with van der Waals surface area (Å²) in [6.07, 6.45) is 0.731. The van der Waals surface area contributed by atoms with Gasteiger partial charge in [-0.25, -0.2) is 4.79 Å². The highest BCUT2D eigenvalue weighted by Crippen LogP contribution is 2.36. The van der Waals surface area contributed by atoms with E-state index < -0.39 is 17.8 Å². The maximum absolute atomic E-state index is 13.0. The fourth-order valence-electron chi connectivity index (χ4n) is 2.58. The minimum absolute atomic E-state index is 0.196. The van der Waals surface area contributed by atoms with Crippen LogP contribution in [0.3, 0.4) is 0 Å². The first kappa shape index (κ1) is 13.6. The molecular weight excluding hydrogens is 281 g/mol. The summed E-state index contributed by atoms with van der Waals surface area (Å²) in [7, 11) is 0. The standard InChI is InChI=1S/C15H11F3N2O/c1-8-10(3-2-4-11(8)15(16,17)18)9-5-6-12-13(7-9)20-14(21)19-12/h2-7,9H,1H3,(H,20,21). The molecule has 6 heteroatoms. The van der Waals surface area contributed by atoms with E-state index in [1.807, 2.05) is 0 Å². The van der Waals surface area contributed by atoms with Crippen LogP contribution in [0.4, 0.5) is 18.0 Å². The largest absolute Gasteiger partial charge is 0.416 e. The molecule has 0 saturated heterocycles. The van der Waals surface area contributed by atoms with Gasteiger partial charge in [-0.2, -0.15) is 18.2 Å². The Morgan fingerprint density at radius 3 is 2.76 bits per heavy atom. The van der Waals surface area contributed by atoms with Gasteiger partial charge in [-0.3, -0.25) is 0 Å². The fraction of sp³-hybridized carbons (Fsp3) is 0.200. The predicted octanol–water partition coefficient (Wildman–Crippen LogP) is 3.72. The molecule has 1 heterocycles. The van der Waals surface area contributed by atoms with Gasteiger partial charge in [0.2, 0.25) is 0 Å². The van der Waals surface area contributed by atoms with Crippen molar-refractivity contribution in [1.29, 1.82) is 0 Å². The highest BCUT2D eigenvalue weighted by atomic mass is 19.4. The summed E-state index contributed by atoms with van der Waals surface area (Å²) in [6, 6.07) is 3.68. The van der Waals surface area contributed by atoms with E-state index in [0.29, 0.717) is 17.0 Å². The lowest BCUT2D eigenvalue weighted by atomic mass is 9.88. The lowest BCUT2D eigenvalue weighted by molar-refractivity contribution is -0.138. The van der Waals surface area contributed by atoms with E-state index in [-0.39, 0.29) is 11.5 Å². The van der Waals surface area contributed by atoms with E-state index in [9.17, 15) is 18.0 Å². The minimum atomic E-state index is -4.38. The van der Waals surface area contributed by atoms with Crippen LogP contribution in [0.5, 0.6) is 0 Å². The number of nitrogens with one attached hydrogen (secondary N) is 1. The predicted molar refractivity (Wildman–Crippen MR) is 72.1 cm³/mol. The van der Waals surface area contributed by atoms with Crippen molar-refractivity contribution in [2.24, 2.45) is 4.99 Å². The topological polar surface area (TPSA) is 41.5 Å². The first-order valence-electron chi connectivity index (χ1n) is 6.33. The van der Waals surface area contributed by atoms with Gasteiger partial charge in [0.1, 0.15) is 0 Å². The van der Waals surface area contributed by atoms with Gasteiger partial charge in [0.05, 0.1) is 17.0 Å². The number of urea groups is 1. The van der Waals surface area contributed by atoms with Crippen LogP contribution in [-0.2, 0) is 6.18 Å². The van der Waals surface area contributed by atoms with E-state index in [1.54, 1.807) is 24.3 Å². The second-order valence-corrected chi connectivity index (χ2v) is 4.91. The molecule has 1 aliphatic heterocycles. The normalized spacial score (nSPS) is 20.8. The van der Waals surface area contributed by atoms with Crippen molar-refractivity contribution < 1.29 is 18.0 Å². The fourth-order valence-corrected chi connectivity index (χ4v) is 2.58. The molecule has 0 radical (unpaired) electrons. The van der Waals surface area contributed by atoms with Crippen LogP contribution in [0.2, 0.25) is 0 Å². The SMILES string of the molecule is Cc1c(C2C=CC3=NC(=O)NC3=C2)cccc1C(F)(F)F. The van der Waals surface area contributed by atoms with Crippen molar-refractivity contribution in [3.8, 4) is 0 Å². The number of alkyl halides is 3. The summed E-state index contributed by atoms with van der Waals surface area (Å²) in [4.78, 5) is 14.9. The van der Waals surface area contributed by atoms with Crippen LogP contribution in [0.25, 0.3) is 0 Å². The number of carbonyl (C=O) groups excluding carboxylic acids is 1. The Bertz CT molecular complexity index is 714. The number of rotatable bonds is 1. The number of amides is 2. The molecule has 3 rings (SSSR count). The maximum atomic E-state index is 13.0. The maximum Gasteiger partial charge on any atom is 0.416 e. The summed E-state index contributed by atoms with van der Waals surface area (Å²) >= 11 is 0. The Morgan fingerprint density at radius 1 is 1.29 bits per heavy atom. The first-order valence-corrected chi connectivity index (χ1v) is 6.33. The van der Waals surface area contributed by atoms with Crippen molar-refractivity contribution in [3.63, 3.8) is 0 Å². The average Bonchev–Trinajstić information content (AvgIpc) is 2.76. The van der Waals surface area contributed by atoms with Crippen LogP contribution >= 0.6 is 0 Å². The van der Waals surface area contributed by atoms with Crippen LogP contribution in [-0.4, -0.2) is 11.7 Å². The summed E-state index contributed by atoms with van der Waals surface area (Å²) in [5.41, 5.74) is 1.18. The molecular formula is C15H11F3N2O. The quantitative estimate of drug-likeness (QED) is 0.842. The molecule has 108 valence electrons. The minimum Gasteiger partial charge on any atom is -0.304 e. The van der Waals surface area contributed by atoms with Gasteiger partial charge < -0.3 is 5.32 Å².